The van der Waals surface area contributed by atoms with Crippen LogP contribution in [0.1, 0.15) is 20.3 Å². The van der Waals surface area contributed by atoms with Gasteiger partial charge in [0.15, 0.2) is 0 Å². The highest BCUT2D eigenvalue weighted by Crippen LogP contribution is 2.08. The molecule has 12 heavy (non-hydrogen) atoms. The first-order chi connectivity index (χ1) is 5.77. The van der Waals surface area contributed by atoms with Crippen LogP contribution in [-0.4, -0.2) is 19.3 Å². The predicted molar refractivity (Wildman–Crippen MR) is 53.5 cm³/mol. The summed E-state index contributed by atoms with van der Waals surface area (Å²) in [4.78, 5) is 4.36. The third kappa shape index (κ3) is 1.97. The molecule has 0 amide bonds. The van der Waals surface area contributed by atoms with Crippen molar-refractivity contribution in [2.45, 2.75) is 20.3 Å². The van der Waals surface area contributed by atoms with E-state index in [0.717, 1.165) is 18.7 Å². The van der Waals surface area contributed by atoms with Crippen LogP contribution in [0, 0.1) is 0 Å². The molecule has 1 rings (SSSR count). The Kier molecular flexibility index (Phi) is 3.09. The first-order valence-corrected chi connectivity index (χ1v) is 4.37. The van der Waals surface area contributed by atoms with Gasteiger partial charge in [-0.25, -0.2) is 0 Å². The molecule has 0 aliphatic carbocycles. The van der Waals surface area contributed by atoms with Gasteiger partial charge in [0, 0.05) is 12.7 Å². The molecule has 0 aromatic rings. The van der Waals surface area contributed by atoms with E-state index in [2.05, 4.69) is 36.3 Å². The molecule has 1 N–H and O–H groups in total. The SMILES string of the molecule is CCC(=CC1=NCC=C1C)NC. The molecular formula is C10H16N2. The van der Waals surface area contributed by atoms with Gasteiger partial charge in [0.2, 0.25) is 0 Å². The lowest BCUT2D eigenvalue weighted by molar-refractivity contribution is 0.903. The van der Waals surface area contributed by atoms with Crippen LogP contribution in [0.2, 0.25) is 0 Å². The third-order valence-electron chi connectivity index (χ3n) is 2.08. The maximum atomic E-state index is 4.36. The fraction of sp³-hybridized carbons (Fsp3) is 0.500. The molecule has 0 bridgehead atoms. The fourth-order valence-electron chi connectivity index (χ4n) is 1.19. The number of rotatable bonds is 3. The van der Waals surface area contributed by atoms with E-state index in [0.29, 0.717) is 0 Å². The van der Waals surface area contributed by atoms with Crippen LogP contribution in [0.15, 0.2) is 28.4 Å². The minimum absolute atomic E-state index is 0.846. The highest BCUT2D eigenvalue weighted by atomic mass is 14.8. The molecule has 2 nitrogen and oxygen atoms in total. The zero-order valence-electron chi connectivity index (χ0n) is 8.02. The van der Waals surface area contributed by atoms with Crippen LogP contribution in [0.25, 0.3) is 0 Å². The lowest BCUT2D eigenvalue weighted by Gasteiger charge is -2.03. The molecule has 1 heterocycles. The maximum Gasteiger partial charge on any atom is 0.0621 e. The van der Waals surface area contributed by atoms with Gasteiger partial charge in [-0.05, 0) is 25.0 Å². The molecule has 0 aromatic carbocycles. The number of nitrogens with zero attached hydrogens (tertiary/aromatic N) is 1. The largest absolute Gasteiger partial charge is 0.391 e. The molecule has 0 spiro atoms. The second-order valence-electron chi connectivity index (χ2n) is 2.89. The maximum absolute atomic E-state index is 4.36. The van der Waals surface area contributed by atoms with Gasteiger partial charge in [-0.3, -0.25) is 4.99 Å². The Bertz CT molecular complexity index is 241. The predicted octanol–water partition coefficient (Wildman–Crippen LogP) is 1.90. The summed E-state index contributed by atoms with van der Waals surface area (Å²) in [6, 6.07) is 0. The van der Waals surface area contributed by atoms with Crippen LogP contribution in [-0.2, 0) is 0 Å². The Morgan fingerprint density at radius 3 is 2.92 bits per heavy atom. The van der Waals surface area contributed by atoms with Gasteiger partial charge in [0.05, 0.1) is 12.3 Å². The van der Waals surface area contributed by atoms with Crippen LogP contribution in [0.3, 0.4) is 0 Å². The summed E-state index contributed by atoms with van der Waals surface area (Å²) >= 11 is 0. The minimum atomic E-state index is 0.846. The molecule has 1 aliphatic heterocycles. The van der Waals surface area contributed by atoms with Gasteiger partial charge in [-0.1, -0.05) is 13.0 Å². The average Bonchev–Trinajstić information content (AvgIpc) is 2.47. The smallest absolute Gasteiger partial charge is 0.0621 e. The van der Waals surface area contributed by atoms with Crippen molar-refractivity contribution in [1.29, 1.82) is 0 Å². The van der Waals surface area contributed by atoms with E-state index in [-0.39, 0.29) is 0 Å². The fourth-order valence-corrected chi connectivity index (χ4v) is 1.19. The molecule has 2 heteroatoms. The summed E-state index contributed by atoms with van der Waals surface area (Å²) < 4.78 is 0. The monoisotopic (exact) mass is 164 g/mol. The van der Waals surface area contributed by atoms with Crippen LogP contribution in [0.5, 0.6) is 0 Å². The van der Waals surface area contributed by atoms with Gasteiger partial charge < -0.3 is 5.32 Å². The molecule has 0 aromatic heterocycles. The van der Waals surface area contributed by atoms with Gasteiger partial charge in [-0.2, -0.15) is 0 Å². The van der Waals surface area contributed by atoms with Gasteiger partial charge in [-0.15, -0.1) is 0 Å². The highest BCUT2D eigenvalue weighted by molar-refractivity contribution is 6.09. The standard InChI is InChI=1S/C10H16N2/c1-4-9(11-3)7-10-8(2)5-6-12-10/h5,7,11H,4,6H2,1-3H3. The number of hydrogen-bond acceptors (Lipinski definition) is 2. The van der Waals surface area contributed by atoms with Gasteiger partial charge in [0.1, 0.15) is 0 Å². The Morgan fingerprint density at radius 1 is 1.75 bits per heavy atom. The summed E-state index contributed by atoms with van der Waals surface area (Å²) in [5.41, 5.74) is 3.65. The van der Waals surface area contributed by atoms with E-state index in [4.69, 9.17) is 0 Å². The number of allylic oxidation sites excluding steroid dienone is 3. The highest BCUT2D eigenvalue weighted by Gasteiger charge is 2.04. The van der Waals surface area contributed by atoms with Crippen molar-refractivity contribution in [2.24, 2.45) is 4.99 Å². The molecule has 0 saturated heterocycles. The van der Waals surface area contributed by atoms with Crippen molar-refractivity contribution in [1.82, 2.24) is 5.32 Å². The first kappa shape index (κ1) is 9.04. The Labute approximate surface area is 74.1 Å². The third-order valence-corrected chi connectivity index (χ3v) is 2.08. The lowest BCUT2D eigenvalue weighted by atomic mass is 10.1. The van der Waals surface area contributed by atoms with Crippen molar-refractivity contribution in [3.05, 3.63) is 23.4 Å². The summed E-state index contributed by atoms with van der Waals surface area (Å²) in [5, 5.41) is 3.15. The van der Waals surface area contributed by atoms with Crippen LogP contribution < -0.4 is 5.32 Å². The molecule has 0 unspecified atom stereocenters. The van der Waals surface area contributed by atoms with Crippen molar-refractivity contribution >= 4 is 5.71 Å². The summed E-state index contributed by atoms with van der Waals surface area (Å²) in [5.74, 6) is 0. The number of aliphatic imine (C=N–C) groups is 1. The van der Waals surface area contributed by atoms with E-state index in [9.17, 15) is 0 Å². The van der Waals surface area contributed by atoms with Crippen molar-refractivity contribution in [3.63, 3.8) is 0 Å². The Hall–Kier alpha value is -1.05. The second-order valence-corrected chi connectivity index (χ2v) is 2.89. The number of nitrogens with one attached hydrogen (secondary N) is 1. The van der Waals surface area contributed by atoms with E-state index < -0.39 is 0 Å². The van der Waals surface area contributed by atoms with Crippen molar-refractivity contribution < 1.29 is 0 Å². The van der Waals surface area contributed by atoms with Crippen LogP contribution in [0.4, 0.5) is 0 Å². The van der Waals surface area contributed by atoms with E-state index in [1.807, 2.05) is 7.05 Å². The first-order valence-electron chi connectivity index (χ1n) is 4.37. The van der Waals surface area contributed by atoms with Crippen molar-refractivity contribution in [3.8, 4) is 0 Å². The molecule has 0 atom stereocenters. The molecule has 1 aliphatic rings. The van der Waals surface area contributed by atoms with Gasteiger partial charge in [0.25, 0.3) is 0 Å². The number of hydrogen-bond donors (Lipinski definition) is 1. The second kappa shape index (κ2) is 4.10. The molecular weight excluding hydrogens is 148 g/mol. The van der Waals surface area contributed by atoms with Gasteiger partial charge >= 0.3 is 0 Å². The van der Waals surface area contributed by atoms with Crippen molar-refractivity contribution in [2.75, 3.05) is 13.6 Å². The lowest BCUT2D eigenvalue weighted by Crippen LogP contribution is -2.07. The zero-order chi connectivity index (χ0) is 8.97. The summed E-state index contributed by atoms with van der Waals surface area (Å²) in [6.07, 6.45) is 5.30. The Morgan fingerprint density at radius 2 is 2.50 bits per heavy atom. The normalized spacial score (nSPS) is 17.4. The molecule has 66 valence electrons. The van der Waals surface area contributed by atoms with Crippen LogP contribution >= 0.6 is 0 Å². The topological polar surface area (TPSA) is 24.4 Å². The summed E-state index contributed by atoms with van der Waals surface area (Å²) in [7, 11) is 1.95. The minimum Gasteiger partial charge on any atom is -0.391 e. The van der Waals surface area contributed by atoms with E-state index in [1.165, 1.54) is 11.3 Å². The Balaban J connectivity index is 2.72. The molecule has 0 fully saturated rings. The average molecular weight is 164 g/mol. The van der Waals surface area contributed by atoms with E-state index >= 15 is 0 Å². The summed E-state index contributed by atoms with van der Waals surface area (Å²) in [6.45, 7) is 5.08. The van der Waals surface area contributed by atoms with E-state index in [1.54, 1.807) is 0 Å². The molecule has 0 radical (unpaired) electrons. The zero-order valence-corrected chi connectivity index (χ0v) is 8.02. The quantitative estimate of drug-likeness (QED) is 0.677. The molecule has 0 saturated carbocycles.